The van der Waals surface area contributed by atoms with Gasteiger partial charge >= 0.3 is 5.97 Å². The van der Waals surface area contributed by atoms with Gasteiger partial charge in [0.05, 0.1) is 17.3 Å². The highest BCUT2D eigenvalue weighted by molar-refractivity contribution is 7.89. The third-order valence-corrected chi connectivity index (χ3v) is 6.29. The number of aryl methyl sites for hydroxylation is 1. The van der Waals surface area contributed by atoms with Crippen LogP contribution < -0.4 is 4.72 Å². The Kier molecular flexibility index (Phi) is 5.70. The zero-order valence-electron chi connectivity index (χ0n) is 14.7. The van der Waals surface area contributed by atoms with Gasteiger partial charge in [0.1, 0.15) is 4.90 Å². The van der Waals surface area contributed by atoms with Gasteiger partial charge in [-0.1, -0.05) is 13.8 Å². The van der Waals surface area contributed by atoms with Crippen molar-refractivity contribution in [1.29, 1.82) is 0 Å². The van der Waals surface area contributed by atoms with E-state index in [0.29, 0.717) is 49.5 Å². The van der Waals surface area contributed by atoms with Crippen LogP contribution in [-0.2, 0) is 21.4 Å². The second-order valence-corrected chi connectivity index (χ2v) is 8.73. The van der Waals surface area contributed by atoms with E-state index in [2.05, 4.69) is 23.7 Å². The molecule has 8 heteroatoms. The molecule has 1 saturated carbocycles. The summed E-state index contributed by atoms with van der Waals surface area (Å²) in [6.07, 6.45) is 2.11. The summed E-state index contributed by atoms with van der Waals surface area (Å²) in [6, 6.07) is -0.210. The molecule has 0 aromatic carbocycles. The molecule has 1 fully saturated rings. The lowest BCUT2D eigenvalue weighted by atomic mass is 9.87. The molecule has 2 N–H and O–H groups in total. The average molecular weight is 357 g/mol. The van der Waals surface area contributed by atoms with Gasteiger partial charge in [-0.3, -0.25) is 9.48 Å². The van der Waals surface area contributed by atoms with E-state index in [0.717, 1.165) is 0 Å². The van der Waals surface area contributed by atoms with Crippen LogP contribution in [-0.4, -0.2) is 35.3 Å². The zero-order chi connectivity index (χ0) is 18.1. The maximum absolute atomic E-state index is 12.8. The number of hydrogen-bond donors (Lipinski definition) is 2. The molecule has 0 saturated heterocycles. The van der Waals surface area contributed by atoms with Crippen molar-refractivity contribution < 1.29 is 18.3 Å². The van der Waals surface area contributed by atoms with Crippen molar-refractivity contribution in [3.05, 3.63) is 11.4 Å². The largest absolute Gasteiger partial charge is 0.481 e. The molecule has 24 heavy (non-hydrogen) atoms. The molecule has 0 amide bonds. The van der Waals surface area contributed by atoms with Crippen molar-refractivity contribution in [1.82, 2.24) is 14.5 Å². The summed E-state index contributed by atoms with van der Waals surface area (Å²) in [7, 11) is -3.65. The van der Waals surface area contributed by atoms with Gasteiger partial charge in [0, 0.05) is 12.6 Å². The standard InChI is InChI=1S/C16H27N3O4S/c1-10(2)9-19-12(4)15(11(3)17-19)24(22,23)18-14-7-5-13(6-8-14)16(20)21/h10,13-14,18H,5-9H2,1-4H3,(H,20,21). The van der Waals surface area contributed by atoms with E-state index in [1.54, 1.807) is 18.5 Å². The molecular formula is C16H27N3O4S. The Labute approximate surface area is 143 Å². The van der Waals surface area contributed by atoms with Gasteiger partial charge in [-0.05, 0) is 45.4 Å². The molecule has 136 valence electrons. The summed E-state index contributed by atoms with van der Waals surface area (Å²) in [4.78, 5) is 11.3. The molecule has 0 radical (unpaired) electrons. The minimum absolute atomic E-state index is 0.210. The van der Waals surface area contributed by atoms with Crippen LogP contribution in [0.4, 0.5) is 0 Å². The van der Waals surface area contributed by atoms with Crippen molar-refractivity contribution >= 4 is 16.0 Å². The van der Waals surface area contributed by atoms with Crippen LogP contribution in [0.2, 0.25) is 0 Å². The number of aliphatic carboxylic acids is 1. The van der Waals surface area contributed by atoms with Crippen molar-refractivity contribution in [2.24, 2.45) is 11.8 Å². The van der Waals surface area contributed by atoms with Crippen molar-refractivity contribution in [3.63, 3.8) is 0 Å². The summed E-state index contributed by atoms with van der Waals surface area (Å²) in [5.41, 5.74) is 1.15. The van der Waals surface area contributed by atoms with E-state index in [-0.39, 0.29) is 16.9 Å². The van der Waals surface area contributed by atoms with Crippen molar-refractivity contribution in [2.45, 2.75) is 70.9 Å². The Bertz CT molecular complexity index is 701. The fraction of sp³-hybridized carbons (Fsp3) is 0.750. The minimum atomic E-state index is -3.65. The van der Waals surface area contributed by atoms with Crippen LogP contribution in [0.5, 0.6) is 0 Å². The number of nitrogens with one attached hydrogen (secondary N) is 1. The molecule has 2 rings (SSSR count). The van der Waals surface area contributed by atoms with Gasteiger partial charge in [0.15, 0.2) is 0 Å². The second kappa shape index (κ2) is 7.23. The highest BCUT2D eigenvalue weighted by atomic mass is 32.2. The molecule has 0 aliphatic heterocycles. The van der Waals surface area contributed by atoms with E-state index in [1.807, 2.05) is 0 Å². The molecule has 7 nitrogen and oxygen atoms in total. The monoisotopic (exact) mass is 357 g/mol. The summed E-state index contributed by atoms with van der Waals surface area (Å²) in [5.74, 6) is -0.779. The van der Waals surface area contributed by atoms with Crippen LogP contribution in [0.15, 0.2) is 4.90 Å². The number of carboxylic acids is 1. The van der Waals surface area contributed by atoms with Gasteiger partial charge in [0.25, 0.3) is 0 Å². The van der Waals surface area contributed by atoms with Crippen molar-refractivity contribution in [2.75, 3.05) is 0 Å². The van der Waals surface area contributed by atoms with Gasteiger partial charge in [-0.25, -0.2) is 13.1 Å². The lowest BCUT2D eigenvalue weighted by molar-refractivity contribution is -0.142. The molecule has 0 atom stereocenters. The van der Waals surface area contributed by atoms with Gasteiger partial charge in [0.2, 0.25) is 10.0 Å². The first-order valence-corrected chi connectivity index (χ1v) is 9.89. The molecular weight excluding hydrogens is 330 g/mol. The predicted molar refractivity (Wildman–Crippen MR) is 90.2 cm³/mol. The van der Waals surface area contributed by atoms with Gasteiger partial charge in [-0.15, -0.1) is 0 Å². The maximum Gasteiger partial charge on any atom is 0.306 e. The fourth-order valence-corrected chi connectivity index (χ4v) is 5.05. The lowest BCUT2D eigenvalue weighted by Gasteiger charge is -2.26. The number of nitrogens with zero attached hydrogens (tertiary/aromatic N) is 2. The lowest BCUT2D eigenvalue weighted by Crippen LogP contribution is -2.39. The van der Waals surface area contributed by atoms with E-state index in [1.165, 1.54) is 0 Å². The SMILES string of the molecule is Cc1nn(CC(C)C)c(C)c1S(=O)(=O)NC1CCC(C(=O)O)CC1. The molecule has 1 aliphatic rings. The highest BCUT2D eigenvalue weighted by Crippen LogP contribution is 2.27. The Hall–Kier alpha value is -1.41. The first kappa shape index (κ1) is 18.9. The first-order chi connectivity index (χ1) is 11.1. The zero-order valence-corrected chi connectivity index (χ0v) is 15.6. The molecule has 0 unspecified atom stereocenters. The molecule has 1 heterocycles. The Balaban J connectivity index is 2.14. The van der Waals surface area contributed by atoms with Crippen LogP contribution in [0, 0.1) is 25.7 Å². The van der Waals surface area contributed by atoms with Gasteiger partial charge < -0.3 is 5.11 Å². The minimum Gasteiger partial charge on any atom is -0.481 e. The van der Waals surface area contributed by atoms with E-state index in [4.69, 9.17) is 5.11 Å². The molecule has 0 bridgehead atoms. The number of carbonyl (C=O) groups is 1. The number of rotatable bonds is 6. The van der Waals surface area contributed by atoms with Crippen LogP contribution in [0.25, 0.3) is 0 Å². The summed E-state index contributed by atoms with van der Waals surface area (Å²) >= 11 is 0. The van der Waals surface area contributed by atoms with Crippen LogP contribution in [0.3, 0.4) is 0 Å². The fourth-order valence-electron chi connectivity index (χ4n) is 3.33. The third-order valence-electron chi connectivity index (χ3n) is 4.52. The van der Waals surface area contributed by atoms with Crippen molar-refractivity contribution in [3.8, 4) is 0 Å². The van der Waals surface area contributed by atoms with E-state index in [9.17, 15) is 13.2 Å². The first-order valence-electron chi connectivity index (χ1n) is 8.41. The number of carboxylic acid groups (broad SMARTS) is 1. The number of sulfonamides is 1. The molecule has 1 aromatic heterocycles. The molecule has 1 aromatic rings. The normalized spacial score (nSPS) is 22.0. The number of hydrogen-bond acceptors (Lipinski definition) is 4. The summed E-state index contributed by atoms with van der Waals surface area (Å²) in [6.45, 7) is 8.28. The molecule has 1 aliphatic carbocycles. The highest BCUT2D eigenvalue weighted by Gasteiger charge is 2.31. The molecule has 0 spiro atoms. The second-order valence-electron chi connectivity index (χ2n) is 7.08. The predicted octanol–water partition coefficient (Wildman–Crippen LogP) is 2.08. The average Bonchev–Trinajstić information content (AvgIpc) is 2.73. The van der Waals surface area contributed by atoms with Crippen LogP contribution >= 0.6 is 0 Å². The maximum atomic E-state index is 12.8. The van der Waals surface area contributed by atoms with E-state index >= 15 is 0 Å². The number of aromatic nitrogens is 2. The summed E-state index contributed by atoms with van der Waals surface area (Å²) < 4.78 is 30.0. The third kappa shape index (κ3) is 4.16. The van der Waals surface area contributed by atoms with Crippen LogP contribution in [0.1, 0.15) is 50.9 Å². The van der Waals surface area contributed by atoms with Gasteiger partial charge in [-0.2, -0.15) is 5.10 Å². The quantitative estimate of drug-likeness (QED) is 0.812. The Morgan fingerprint density at radius 1 is 1.29 bits per heavy atom. The smallest absolute Gasteiger partial charge is 0.306 e. The topological polar surface area (TPSA) is 101 Å². The Morgan fingerprint density at radius 3 is 2.38 bits per heavy atom. The van der Waals surface area contributed by atoms with E-state index < -0.39 is 16.0 Å². The summed E-state index contributed by atoms with van der Waals surface area (Å²) in [5, 5.41) is 13.4. The Morgan fingerprint density at radius 2 is 1.88 bits per heavy atom.